The summed E-state index contributed by atoms with van der Waals surface area (Å²) in [5, 5.41) is 12.4. The zero-order valence-electron chi connectivity index (χ0n) is 13.7. The Morgan fingerprint density at radius 2 is 1.96 bits per heavy atom. The number of nitriles is 1. The molecular weight excluding hydrogens is 286 g/mol. The van der Waals surface area contributed by atoms with E-state index >= 15 is 0 Å². The molecule has 1 unspecified atom stereocenters. The Balaban J connectivity index is 1.88. The average Bonchev–Trinajstić information content (AvgIpc) is 3.08. The molecule has 0 radical (unpaired) electrons. The number of aromatic amines is 1. The Hall–Kier alpha value is -2.16. The lowest BCUT2D eigenvalue weighted by atomic mass is 9.97. The van der Waals surface area contributed by atoms with Crippen LogP contribution in [0.3, 0.4) is 0 Å². The quantitative estimate of drug-likeness (QED) is 0.909. The van der Waals surface area contributed by atoms with Gasteiger partial charge in [-0.15, -0.1) is 0 Å². The number of nitrogens with one attached hydrogen (secondary N) is 2. The minimum atomic E-state index is 0.262. The lowest BCUT2D eigenvalue weighted by Crippen LogP contribution is -2.56. The maximum absolute atomic E-state index is 8.96. The molecule has 5 heteroatoms. The molecule has 5 nitrogen and oxygen atoms in total. The van der Waals surface area contributed by atoms with E-state index in [2.05, 4.69) is 52.2 Å². The molecule has 23 heavy (non-hydrogen) atoms. The van der Waals surface area contributed by atoms with Gasteiger partial charge in [-0.3, -0.25) is 4.90 Å². The lowest BCUT2D eigenvalue weighted by Gasteiger charge is -2.44. The van der Waals surface area contributed by atoms with Crippen molar-refractivity contribution < 1.29 is 0 Å². The Morgan fingerprint density at radius 3 is 2.52 bits per heavy atom. The van der Waals surface area contributed by atoms with Crippen molar-refractivity contribution in [1.82, 2.24) is 20.2 Å². The van der Waals surface area contributed by atoms with Gasteiger partial charge in [0.15, 0.2) is 0 Å². The van der Waals surface area contributed by atoms with Gasteiger partial charge in [0.25, 0.3) is 0 Å². The molecular formula is C18H23N5. The van der Waals surface area contributed by atoms with Crippen molar-refractivity contribution >= 4 is 0 Å². The second-order valence-corrected chi connectivity index (χ2v) is 6.34. The van der Waals surface area contributed by atoms with Crippen LogP contribution >= 0.6 is 0 Å². The maximum atomic E-state index is 8.96. The highest BCUT2D eigenvalue weighted by Crippen LogP contribution is 2.29. The predicted octanol–water partition coefficient (Wildman–Crippen LogP) is 2.25. The molecule has 1 aliphatic heterocycles. The second kappa shape index (κ2) is 6.95. The van der Waals surface area contributed by atoms with Crippen molar-refractivity contribution in [1.29, 1.82) is 5.26 Å². The molecule has 120 valence electrons. The number of H-pyrrole nitrogens is 1. The van der Waals surface area contributed by atoms with Gasteiger partial charge in [0.1, 0.15) is 0 Å². The van der Waals surface area contributed by atoms with Crippen molar-refractivity contribution in [2.24, 2.45) is 0 Å². The molecule has 0 saturated carbocycles. The van der Waals surface area contributed by atoms with E-state index in [1.54, 1.807) is 6.33 Å². The first-order chi connectivity index (χ1) is 11.2. The zero-order valence-corrected chi connectivity index (χ0v) is 13.7. The normalized spacial score (nSPS) is 23.3. The van der Waals surface area contributed by atoms with Crippen LogP contribution in [0.5, 0.6) is 0 Å². The van der Waals surface area contributed by atoms with E-state index in [0.29, 0.717) is 17.6 Å². The van der Waals surface area contributed by atoms with Crippen molar-refractivity contribution in [2.45, 2.75) is 38.4 Å². The number of rotatable bonds is 4. The van der Waals surface area contributed by atoms with Gasteiger partial charge in [-0.2, -0.15) is 5.26 Å². The summed E-state index contributed by atoms with van der Waals surface area (Å²) in [4.78, 5) is 10.1. The fourth-order valence-electron chi connectivity index (χ4n) is 3.52. The number of benzene rings is 1. The monoisotopic (exact) mass is 309 g/mol. The summed E-state index contributed by atoms with van der Waals surface area (Å²) in [6.07, 6.45) is 4.58. The van der Waals surface area contributed by atoms with Crippen LogP contribution in [0.15, 0.2) is 36.8 Å². The smallest absolute Gasteiger partial charge is 0.0991 e. The van der Waals surface area contributed by atoms with Crippen LogP contribution in [-0.4, -0.2) is 40.0 Å². The highest BCUT2D eigenvalue weighted by atomic mass is 15.3. The summed E-state index contributed by atoms with van der Waals surface area (Å²) in [6, 6.07) is 11.3. The molecule has 1 fully saturated rings. The second-order valence-electron chi connectivity index (χ2n) is 6.34. The summed E-state index contributed by atoms with van der Waals surface area (Å²) in [5.74, 6) is 0. The van der Waals surface area contributed by atoms with Gasteiger partial charge in [0.2, 0.25) is 0 Å². The van der Waals surface area contributed by atoms with E-state index in [1.165, 1.54) is 5.56 Å². The largest absolute Gasteiger partial charge is 0.347 e. The predicted molar refractivity (Wildman–Crippen MR) is 89.8 cm³/mol. The molecule has 3 atom stereocenters. The maximum Gasteiger partial charge on any atom is 0.0991 e. The van der Waals surface area contributed by atoms with E-state index in [0.717, 1.165) is 25.2 Å². The molecule has 1 saturated heterocycles. The number of nitrogens with zero attached hydrogens (tertiary/aromatic N) is 3. The van der Waals surface area contributed by atoms with E-state index in [1.807, 2.05) is 18.3 Å². The minimum absolute atomic E-state index is 0.262. The van der Waals surface area contributed by atoms with E-state index in [9.17, 15) is 0 Å². The number of hydrogen-bond acceptors (Lipinski definition) is 4. The molecule has 0 amide bonds. The first-order valence-corrected chi connectivity index (χ1v) is 8.14. The van der Waals surface area contributed by atoms with Crippen LogP contribution in [0, 0.1) is 11.3 Å². The molecule has 0 spiro atoms. The van der Waals surface area contributed by atoms with E-state index in [-0.39, 0.29) is 6.04 Å². The Labute approximate surface area is 137 Å². The van der Waals surface area contributed by atoms with Crippen molar-refractivity contribution in [2.75, 3.05) is 13.1 Å². The van der Waals surface area contributed by atoms with Crippen LogP contribution in [0.25, 0.3) is 0 Å². The van der Waals surface area contributed by atoms with Gasteiger partial charge < -0.3 is 10.3 Å². The molecule has 1 aromatic heterocycles. The molecule has 3 rings (SSSR count). The number of imidazole rings is 1. The number of hydrogen-bond donors (Lipinski definition) is 2. The molecule has 1 aliphatic rings. The summed E-state index contributed by atoms with van der Waals surface area (Å²) in [7, 11) is 0. The third kappa shape index (κ3) is 3.44. The van der Waals surface area contributed by atoms with E-state index < -0.39 is 0 Å². The van der Waals surface area contributed by atoms with Crippen molar-refractivity contribution in [3.63, 3.8) is 0 Å². The van der Waals surface area contributed by atoms with Crippen LogP contribution < -0.4 is 5.32 Å². The molecule has 2 N–H and O–H groups in total. The Kier molecular flexibility index (Phi) is 4.75. The van der Waals surface area contributed by atoms with E-state index in [4.69, 9.17) is 5.26 Å². The van der Waals surface area contributed by atoms with Crippen LogP contribution in [0.4, 0.5) is 0 Å². The van der Waals surface area contributed by atoms with Gasteiger partial charge in [-0.1, -0.05) is 12.1 Å². The molecule has 1 aromatic carbocycles. The van der Waals surface area contributed by atoms with Crippen molar-refractivity contribution in [3.8, 4) is 6.07 Å². The minimum Gasteiger partial charge on any atom is -0.347 e. The van der Waals surface area contributed by atoms with Crippen LogP contribution in [0.2, 0.25) is 0 Å². The van der Waals surface area contributed by atoms with Crippen molar-refractivity contribution in [3.05, 3.63) is 53.6 Å². The molecule has 0 bridgehead atoms. The van der Waals surface area contributed by atoms with Crippen LogP contribution in [-0.2, 0) is 6.42 Å². The highest BCUT2D eigenvalue weighted by molar-refractivity contribution is 5.32. The summed E-state index contributed by atoms with van der Waals surface area (Å²) >= 11 is 0. The van der Waals surface area contributed by atoms with Gasteiger partial charge in [-0.25, -0.2) is 4.98 Å². The fourth-order valence-corrected chi connectivity index (χ4v) is 3.52. The first kappa shape index (κ1) is 15.7. The average molecular weight is 309 g/mol. The van der Waals surface area contributed by atoms with Gasteiger partial charge in [0.05, 0.1) is 29.7 Å². The fraction of sp³-hybridized carbons (Fsp3) is 0.444. The summed E-state index contributed by atoms with van der Waals surface area (Å²) in [6.45, 7) is 6.54. The molecule has 2 aromatic rings. The Bertz CT molecular complexity index is 646. The summed E-state index contributed by atoms with van der Waals surface area (Å²) < 4.78 is 0. The zero-order chi connectivity index (χ0) is 16.2. The third-order valence-electron chi connectivity index (χ3n) is 4.65. The SMILES string of the molecule is C[C@@H]1CNC[C@H](C)N1C(Cc1ccc(C#N)cc1)c1cnc[nH]1. The molecule has 0 aliphatic carbocycles. The van der Waals surface area contributed by atoms with Gasteiger partial charge >= 0.3 is 0 Å². The van der Waals surface area contributed by atoms with Crippen LogP contribution in [0.1, 0.15) is 36.7 Å². The number of piperazine rings is 1. The van der Waals surface area contributed by atoms with Gasteiger partial charge in [-0.05, 0) is 38.0 Å². The Morgan fingerprint density at radius 1 is 1.26 bits per heavy atom. The molecule has 2 heterocycles. The number of aromatic nitrogens is 2. The standard InChI is InChI=1S/C18H23N5/c1-13-9-20-10-14(2)23(13)18(17-11-21-12-22-17)7-15-3-5-16(8-19)6-4-15/h3-6,11-14,18,20H,7,9-10H2,1-2H3,(H,21,22)/t13-,14+,18?. The highest BCUT2D eigenvalue weighted by Gasteiger charge is 2.32. The first-order valence-electron chi connectivity index (χ1n) is 8.14. The topological polar surface area (TPSA) is 67.7 Å². The third-order valence-corrected chi connectivity index (χ3v) is 4.65. The summed E-state index contributed by atoms with van der Waals surface area (Å²) in [5.41, 5.74) is 3.09. The van der Waals surface area contributed by atoms with Gasteiger partial charge in [0, 0.05) is 31.4 Å². The lowest BCUT2D eigenvalue weighted by molar-refractivity contribution is 0.0638.